The standard InChI is InChI=1S/C19H28N4O2S/c1-4-26(24,25)19-20-12-18(15-22-11-10-17(14-22)21(2)3)23(19)13-16-8-6-5-7-9-16/h5-9,12,17H,4,10-11,13-15H2,1-3H3. The lowest BCUT2D eigenvalue weighted by molar-refractivity contribution is 0.261. The molecule has 1 fully saturated rings. The molecule has 6 nitrogen and oxygen atoms in total. The quantitative estimate of drug-likeness (QED) is 0.738. The predicted octanol–water partition coefficient (Wildman–Crippen LogP) is 1.86. The highest BCUT2D eigenvalue weighted by molar-refractivity contribution is 7.91. The van der Waals surface area contributed by atoms with Crippen LogP contribution in [-0.4, -0.2) is 66.7 Å². The molecule has 0 aliphatic carbocycles. The zero-order valence-electron chi connectivity index (χ0n) is 15.8. The summed E-state index contributed by atoms with van der Waals surface area (Å²) in [6.45, 7) is 4.94. The summed E-state index contributed by atoms with van der Waals surface area (Å²) in [4.78, 5) is 8.93. The fourth-order valence-corrected chi connectivity index (χ4v) is 4.43. The van der Waals surface area contributed by atoms with Gasteiger partial charge in [0, 0.05) is 25.7 Å². The third-order valence-corrected chi connectivity index (χ3v) is 6.75. The molecule has 142 valence electrons. The van der Waals surface area contributed by atoms with E-state index in [1.54, 1.807) is 13.1 Å². The number of nitrogens with zero attached hydrogens (tertiary/aromatic N) is 4. The molecular weight excluding hydrogens is 348 g/mol. The van der Waals surface area contributed by atoms with Crippen molar-refractivity contribution in [3.8, 4) is 0 Å². The molecule has 0 spiro atoms. The Morgan fingerprint density at radius 3 is 2.54 bits per heavy atom. The lowest BCUT2D eigenvalue weighted by Crippen LogP contribution is -2.31. The Hall–Kier alpha value is -1.70. The number of likely N-dealkylation sites (N-methyl/N-ethyl adjacent to an activating group) is 1. The van der Waals surface area contributed by atoms with Crippen LogP contribution in [0.15, 0.2) is 41.7 Å². The van der Waals surface area contributed by atoms with Crippen molar-refractivity contribution in [1.29, 1.82) is 0 Å². The molecule has 0 saturated carbocycles. The zero-order chi connectivity index (χ0) is 18.7. The summed E-state index contributed by atoms with van der Waals surface area (Å²) in [6.07, 6.45) is 2.87. The summed E-state index contributed by atoms with van der Waals surface area (Å²) in [7, 11) is 0.861. The third-order valence-electron chi connectivity index (χ3n) is 5.11. The van der Waals surface area contributed by atoms with Gasteiger partial charge in [-0.2, -0.15) is 0 Å². The average Bonchev–Trinajstić information content (AvgIpc) is 3.24. The minimum Gasteiger partial charge on any atom is -0.313 e. The summed E-state index contributed by atoms with van der Waals surface area (Å²) in [5, 5.41) is 0.183. The third kappa shape index (κ3) is 4.16. The molecule has 0 amide bonds. The Morgan fingerprint density at radius 1 is 1.19 bits per heavy atom. The van der Waals surface area contributed by atoms with Crippen molar-refractivity contribution < 1.29 is 8.42 Å². The van der Waals surface area contributed by atoms with Crippen LogP contribution in [0.4, 0.5) is 0 Å². The molecule has 0 N–H and O–H groups in total. The van der Waals surface area contributed by atoms with Crippen molar-refractivity contribution in [2.75, 3.05) is 32.9 Å². The second-order valence-electron chi connectivity index (χ2n) is 7.15. The van der Waals surface area contributed by atoms with Crippen molar-refractivity contribution in [1.82, 2.24) is 19.4 Å². The Balaban J connectivity index is 1.88. The topological polar surface area (TPSA) is 58.4 Å². The lowest BCUT2D eigenvalue weighted by Gasteiger charge is -2.21. The van der Waals surface area contributed by atoms with Gasteiger partial charge in [-0.1, -0.05) is 37.3 Å². The maximum absolute atomic E-state index is 12.5. The second-order valence-corrected chi connectivity index (χ2v) is 9.32. The van der Waals surface area contributed by atoms with E-state index in [9.17, 15) is 8.42 Å². The highest BCUT2D eigenvalue weighted by Gasteiger charge is 2.27. The highest BCUT2D eigenvalue weighted by Crippen LogP contribution is 2.20. The van der Waals surface area contributed by atoms with Crippen molar-refractivity contribution in [2.24, 2.45) is 0 Å². The van der Waals surface area contributed by atoms with Crippen LogP contribution in [0.5, 0.6) is 0 Å². The molecule has 7 heteroatoms. The summed E-state index contributed by atoms with van der Waals surface area (Å²) in [5.74, 6) is 0.0602. The molecule has 2 aromatic rings. The molecule has 2 heterocycles. The maximum Gasteiger partial charge on any atom is 0.228 e. The Labute approximate surface area is 156 Å². The van der Waals surface area contributed by atoms with Gasteiger partial charge in [0.25, 0.3) is 0 Å². The van der Waals surface area contributed by atoms with Crippen LogP contribution in [0.25, 0.3) is 0 Å². The van der Waals surface area contributed by atoms with Gasteiger partial charge in [-0.3, -0.25) is 4.90 Å². The van der Waals surface area contributed by atoms with Gasteiger partial charge < -0.3 is 9.47 Å². The largest absolute Gasteiger partial charge is 0.313 e. The van der Waals surface area contributed by atoms with Gasteiger partial charge in [-0.15, -0.1) is 0 Å². The van der Waals surface area contributed by atoms with Crippen LogP contribution in [0.1, 0.15) is 24.6 Å². The van der Waals surface area contributed by atoms with Gasteiger partial charge >= 0.3 is 0 Å². The Bertz CT molecular complexity index is 830. The molecular formula is C19H28N4O2S. The molecule has 1 saturated heterocycles. The Morgan fingerprint density at radius 2 is 1.92 bits per heavy atom. The van der Waals surface area contributed by atoms with E-state index < -0.39 is 9.84 Å². The van der Waals surface area contributed by atoms with Gasteiger partial charge in [0.1, 0.15) is 0 Å². The summed E-state index contributed by atoms with van der Waals surface area (Å²) < 4.78 is 26.9. The molecule has 1 aromatic heterocycles. The first-order chi connectivity index (χ1) is 12.4. The van der Waals surface area contributed by atoms with Crippen LogP contribution < -0.4 is 0 Å². The van der Waals surface area contributed by atoms with Gasteiger partial charge in [0.15, 0.2) is 0 Å². The smallest absolute Gasteiger partial charge is 0.228 e. The molecule has 26 heavy (non-hydrogen) atoms. The molecule has 1 aliphatic heterocycles. The summed E-state index contributed by atoms with van der Waals surface area (Å²) >= 11 is 0. The molecule has 0 radical (unpaired) electrons. The van der Waals surface area contributed by atoms with Gasteiger partial charge in [0.05, 0.1) is 24.2 Å². The highest BCUT2D eigenvalue weighted by atomic mass is 32.2. The monoisotopic (exact) mass is 376 g/mol. The van der Waals surface area contributed by atoms with E-state index in [0.717, 1.165) is 37.3 Å². The van der Waals surface area contributed by atoms with Crippen LogP contribution in [-0.2, 0) is 22.9 Å². The number of hydrogen-bond acceptors (Lipinski definition) is 5. The molecule has 1 aliphatic rings. The summed E-state index contributed by atoms with van der Waals surface area (Å²) in [5.41, 5.74) is 2.03. The SMILES string of the molecule is CCS(=O)(=O)c1ncc(CN2CCC(N(C)C)C2)n1Cc1ccccc1. The van der Waals surface area contributed by atoms with E-state index in [1.807, 2.05) is 34.9 Å². The number of benzene rings is 1. The number of hydrogen-bond donors (Lipinski definition) is 0. The first-order valence-electron chi connectivity index (χ1n) is 9.10. The van der Waals surface area contributed by atoms with E-state index >= 15 is 0 Å². The minimum atomic E-state index is -3.36. The number of rotatable bonds is 7. The van der Waals surface area contributed by atoms with Crippen molar-refractivity contribution in [3.63, 3.8) is 0 Å². The maximum atomic E-state index is 12.5. The average molecular weight is 377 g/mol. The molecule has 1 aromatic carbocycles. The van der Waals surface area contributed by atoms with Crippen molar-refractivity contribution >= 4 is 9.84 Å². The van der Waals surface area contributed by atoms with Crippen molar-refractivity contribution in [3.05, 3.63) is 47.8 Å². The van der Waals surface area contributed by atoms with E-state index in [4.69, 9.17) is 0 Å². The minimum absolute atomic E-state index is 0.0602. The molecule has 3 rings (SSSR count). The molecule has 1 unspecified atom stereocenters. The Kier molecular flexibility index (Phi) is 5.79. The van der Waals surface area contributed by atoms with E-state index in [0.29, 0.717) is 12.6 Å². The van der Waals surface area contributed by atoms with E-state index in [-0.39, 0.29) is 10.9 Å². The fraction of sp³-hybridized carbons (Fsp3) is 0.526. The zero-order valence-corrected chi connectivity index (χ0v) is 16.6. The van der Waals surface area contributed by atoms with Crippen LogP contribution in [0.2, 0.25) is 0 Å². The van der Waals surface area contributed by atoms with Gasteiger partial charge in [-0.25, -0.2) is 13.4 Å². The lowest BCUT2D eigenvalue weighted by atomic mass is 10.2. The number of imidazole rings is 1. The van der Waals surface area contributed by atoms with E-state index in [1.165, 1.54) is 0 Å². The number of sulfone groups is 1. The number of likely N-dealkylation sites (tertiary alicyclic amines) is 1. The van der Waals surface area contributed by atoms with Crippen LogP contribution >= 0.6 is 0 Å². The fourth-order valence-electron chi connectivity index (χ4n) is 3.44. The number of aromatic nitrogens is 2. The van der Waals surface area contributed by atoms with Crippen molar-refractivity contribution in [2.45, 2.75) is 37.6 Å². The van der Waals surface area contributed by atoms with Crippen LogP contribution in [0, 0.1) is 0 Å². The first-order valence-corrected chi connectivity index (χ1v) is 10.8. The molecule has 0 bridgehead atoms. The second kappa shape index (κ2) is 7.90. The molecule has 1 atom stereocenters. The van der Waals surface area contributed by atoms with Gasteiger partial charge in [-0.05, 0) is 26.1 Å². The summed E-state index contributed by atoms with van der Waals surface area (Å²) in [6, 6.07) is 10.5. The normalized spacial score (nSPS) is 18.7. The van der Waals surface area contributed by atoms with Gasteiger partial charge in [0.2, 0.25) is 15.0 Å². The predicted molar refractivity (Wildman–Crippen MR) is 103 cm³/mol. The van der Waals surface area contributed by atoms with E-state index in [2.05, 4.69) is 28.9 Å². The van der Waals surface area contributed by atoms with Crippen LogP contribution in [0.3, 0.4) is 0 Å². The first kappa shape index (κ1) is 19.1.